The highest BCUT2D eigenvalue weighted by Gasteiger charge is 2.07. The summed E-state index contributed by atoms with van der Waals surface area (Å²) < 4.78 is 0. The molecule has 0 amide bonds. The van der Waals surface area contributed by atoms with Gasteiger partial charge in [-0.2, -0.15) is 0 Å². The SMILES string of the molecule is C=C(N=[N+]=[N-])C(=O)C(=C)N=[N+]=[N-]. The number of hydrogen-bond donors (Lipinski definition) is 0. The Bertz CT molecular complexity index is 298. The highest BCUT2D eigenvalue weighted by Crippen LogP contribution is 2.04. The van der Waals surface area contributed by atoms with Gasteiger partial charge in [0.2, 0.25) is 0 Å². The Morgan fingerprint density at radius 3 is 1.67 bits per heavy atom. The smallest absolute Gasteiger partial charge is 0.196 e. The Balaban J connectivity index is 4.61. The molecule has 0 aromatic carbocycles. The number of carbonyl (C=O) groups excluding carboxylic acids is 1. The molecule has 0 radical (unpaired) electrons. The van der Waals surface area contributed by atoms with Gasteiger partial charge in [0.05, 0.1) is 11.4 Å². The maximum absolute atomic E-state index is 10.9. The van der Waals surface area contributed by atoms with E-state index in [4.69, 9.17) is 11.1 Å². The topological polar surface area (TPSA) is 115 Å². The third-order valence-electron chi connectivity index (χ3n) is 0.855. The van der Waals surface area contributed by atoms with Crippen molar-refractivity contribution in [3.8, 4) is 0 Å². The maximum atomic E-state index is 10.9. The second-order valence-corrected chi connectivity index (χ2v) is 1.60. The molecule has 0 rings (SSSR count). The molecule has 0 N–H and O–H groups in total. The van der Waals surface area contributed by atoms with Crippen LogP contribution in [0.4, 0.5) is 0 Å². The zero-order chi connectivity index (χ0) is 9.56. The lowest BCUT2D eigenvalue weighted by Gasteiger charge is -1.93. The van der Waals surface area contributed by atoms with Crippen LogP contribution in [0.25, 0.3) is 20.9 Å². The quantitative estimate of drug-likeness (QED) is 0.269. The first kappa shape index (κ1) is 9.77. The van der Waals surface area contributed by atoms with Crippen LogP contribution in [0.5, 0.6) is 0 Å². The van der Waals surface area contributed by atoms with Gasteiger partial charge in [0.1, 0.15) is 0 Å². The van der Waals surface area contributed by atoms with Crippen LogP contribution in [0.15, 0.2) is 34.8 Å². The lowest BCUT2D eigenvalue weighted by molar-refractivity contribution is -0.112. The molecule has 0 aromatic rings. The first-order valence-corrected chi connectivity index (χ1v) is 2.66. The number of hydrogen-bond acceptors (Lipinski definition) is 3. The molecular weight excluding hydrogens is 160 g/mol. The minimum absolute atomic E-state index is 0.352. The summed E-state index contributed by atoms with van der Waals surface area (Å²) in [4.78, 5) is 15.5. The summed E-state index contributed by atoms with van der Waals surface area (Å²) in [5.74, 6) is -0.773. The van der Waals surface area contributed by atoms with Gasteiger partial charge in [-0.15, -0.1) is 0 Å². The molecule has 0 aliphatic rings. The van der Waals surface area contributed by atoms with E-state index < -0.39 is 5.78 Å². The van der Waals surface area contributed by atoms with E-state index in [0.29, 0.717) is 0 Å². The fourth-order valence-corrected chi connectivity index (χ4v) is 0.365. The van der Waals surface area contributed by atoms with Gasteiger partial charge in [0.25, 0.3) is 0 Å². The predicted molar refractivity (Wildman–Crippen MR) is 41.6 cm³/mol. The second-order valence-electron chi connectivity index (χ2n) is 1.60. The zero-order valence-electron chi connectivity index (χ0n) is 6.01. The molecule has 7 heteroatoms. The van der Waals surface area contributed by atoms with Crippen LogP contribution < -0.4 is 0 Å². The molecule has 0 bridgehead atoms. The van der Waals surface area contributed by atoms with Crippen LogP contribution >= 0.6 is 0 Å². The fourth-order valence-electron chi connectivity index (χ4n) is 0.365. The van der Waals surface area contributed by atoms with Gasteiger partial charge in [-0.25, -0.2) is 0 Å². The van der Waals surface area contributed by atoms with Crippen LogP contribution in [-0.2, 0) is 4.79 Å². The first-order chi connectivity index (χ1) is 5.63. The third-order valence-corrected chi connectivity index (χ3v) is 0.855. The van der Waals surface area contributed by atoms with Gasteiger partial charge in [-0.05, 0) is 11.1 Å². The molecule has 60 valence electrons. The van der Waals surface area contributed by atoms with Crippen LogP contribution in [0, 0.1) is 0 Å². The molecule has 0 unspecified atom stereocenters. The molecular formula is C5H4N6O. The Kier molecular flexibility index (Phi) is 3.72. The van der Waals surface area contributed by atoms with Gasteiger partial charge in [-0.1, -0.05) is 23.4 Å². The summed E-state index contributed by atoms with van der Waals surface area (Å²) in [5, 5.41) is 5.84. The van der Waals surface area contributed by atoms with E-state index in [0.717, 1.165) is 0 Å². The van der Waals surface area contributed by atoms with Gasteiger partial charge >= 0.3 is 0 Å². The lowest BCUT2D eigenvalue weighted by Crippen LogP contribution is -1.99. The van der Waals surface area contributed by atoms with E-state index >= 15 is 0 Å². The van der Waals surface area contributed by atoms with Crippen LogP contribution in [0.1, 0.15) is 0 Å². The van der Waals surface area contributed by atoms with Crippen molar-refractivity contribution in [1.82, 2.24) is 0 Å². The molecule has 0 aromatic heterocycles. The van der Waals surface area contributed by atoms with Crippen LogP contribution in [0.3, 0.4) is 0 Å². The Hall–Kier alpha value is -2.23. The monoisotopic (exact) mass is 164 g/mol. The largest absolute Gasteiger partial charge is 0.289 e. The molecule has 0 saturated heterocycles. The predicted octanol–water partition coefficient (Wildman–Crippen LogP) is 2.20. The number of rotatable bonds is 4. The van der Waals surface area contributed by atoms with Gasteiger partial charge in [0.15, 0.2) is 5.78 Å². The normalized spacial score (nSPS) is 7.33. The Labute approximate surface area is 67.2 Å². The number of nitrogens with zero attached hydrogens (tertiary/aromatic N) is 6. The third kappa shape index (κ3) is 2.57. The van der Waals surface area contributed by atoms with Crippen molar-refractivity contribution in [3.05, 3.63) is 45.4 Å². The van der Waals surface area contributed by atoms with E-state index in [2.05, 4.69) is 33.2 Å². The molecule has 0 atom stereocenters. The molecule has 0 aliphatic heterocycles. The van der Waals surface area contributed by atoms with Crippen molar-refractivity contribution in [1.29, 1.82) is 0 Å². The average Bonchev–Trinajstić information content (AvgIpc) is 2.04. The van der Waals surface area contributed by atoms with Crippen molar-refractivity contribution >= 4 is 5.78 Å². The van der Waals surface area contributed by atoms with Gasteiger partial charge in [0, 0.05) is 9.82 Å². The van der Waals surface area contributed by atoms with E-state index in [1.807, 2.05) is 0 Å². The van der Waals surface area contributed by atoms with Crippen molar-refractivity contribution in [2.75, 3.05) is 0 Å². The highest BCUT2D eigenvalue weighted by atomic mass is 16.1. The fraction of sp³-hybridized carbons (Fsp3) is 0. The maximum Gasteiger partial charge on any atom is 0.196 e. The van der Waals surface area contributed by atoms with Crippen LogP contribution in [-0.4, -0.2) is 5.78 Å². The van der Waals surface area contributed by atoms with Crippen molar-refractivity contribution in [2.45, 2.75) is 0 Å². The lowest BCUT2D eigenvalue weighted by atomic mass is 10.3. The number of carbonyl (C=O) groups is 1. The minimum Gasteiger partial charge on any atom is -0.289 e. The van der Waals surface area contributed by atoms with Crippen LogP contribution in [0.2, 0.25) is 0 Å². The van der Waals surface area contributed by atoms with E-state index in [9.17, 15) is 4.79 Å². The van der Waals surface area contributed by atoms with Crippen molar-refractivity contribution in [3.63, 3.8) is 0 Å². The Morgan fingerprint density at radius 2 is 1.42 bits per heavy atom. The standard InChI is InChI=1S/C5H4N6O/c1-3(8-10-6)5(12)4(2)9-11-7/h1-2H2. The van der Waals surface area contributed by atoms with E-state index in [1.54, 1.807) is 0 Å². The molecule has 0 spiro atoms. The number of ketones is 1. The molecule has 0 saturated carbocycles. The molecule has 7 nitrogen and oxygen atoms in total. The van der Waals surface area contributed by atoms with Crippen molar-refractivity contribution < 1.29 is 4.79 Å². The molecule has 12 heavy (non-hydrogen) atoms. The van der Waals surface area contributed by atoms with Gasteiger partial charge < -0.3 is 0 Å². The summed E-state index contributed by atoms with van der Waals surface area (Å²) >= 11 is 0. The minimum atomic E-state index is -0.773. The summed E-state index contributed by atoms with van der Waals surface area (Å²) in [5.41, 5.74) is 15.1. The summed E-state index contributed by atoms with van der Waals surface area (Å²) in [6.07, 6.45) is 0. The summed E-state index contributed by atoms with van der Waals surface area (Å²) in [6, 6.07) is 0. The summed E-state index contributed by atoms with van der Waals surface area (Å²) in [7, 11) is 0. The highest BCUT2D eigenvalue weighted by molar-refractivity contribution is 6.06. The second kappa shape index (κ2) is 4.56. The van der Waals surface area contributed by atoms with Gasteiger partial charge in [-0.3, -0.25) is 4.79 Å². The zero-order valence-corrected chi connectivity index (χ0v) is 6.01. The molecule has 0 fully saturated rings. The first-order valence-electron chi connectivity index (χ1n) is 2.66. The molecule has 0 aliphatic carbocycles. The van der Waals surface area contributed by atoms with Crippen molar-refractivity contribution in [2.24, 2.45) is 10.2 Å². The summed E-state index contributed by atoms with van der Waals surface area (Å²) in [6.45, 7) is 6.27. The van der Waals surface area contributed by atoms with E-state index in [-0.39, 0.29) is 11.4 Å². The average molecular weight is 164 g/mol. The van der Waals surface area contributed by atoms with E-state index in [1.165, 1.54) is 0 Å². The Morgan fingerprint density at radius 1 is 1.08 bits per heavy atom. The molecule has 0 heterocycles. The number of Topliss-reactive ketones (excluding diaryl/α,β-unsaturated/α-hetero) is 1. The number of azide groups is 2.